The van der Waals surface area contributed by atoms with Crippen molar-refractivity contribution in [3.05, 3.63) is 47.0 Å². The first-order chi connectivity index (χ1) is 13.1. The van der Waals surface area contributed by atoms with Gasteiger partial charge in [0.15, 0.2) is 0 Å². The Labute approximate surface area is 165 Å². The number of amides is 2. The van der Waals surface area contributed by atoms with Crippen molar-refractivity contribution < 1.29 is 27.9 Å². The number of halogens is 4. The van der Waals surface area contributed by atoms with Gasteiger partial charge in [0.2, 0.25) is 11.8 Å². The molecule has 9 heteroatoms. The van der Waals surface area contributed by atoms with Crippen molar-refractivity contribution in [2.45, 2.75) is 37.1 Å². The molecule has 1 atom stereocenters. The van der Waals surface area contributed by atoms with Gasteiger partial charge < -0.3 is 14.9 Å². The van der Waals surface area contributed by atoms with Crippen LogP contribution in [0.2, 0.25) is 5.02 Å². The molecule has 5 nitrogen and oxygen atoms in total. The van der Waals surface area contributed by atoms with Crippen molar-refractivity contribution in [3.8, 4) is 0 Å². The Kier molecular flexibility index (Phi) is 5.46. The molecule has 0 unspecified atom stereocenters. The highest BCUT2D eigenvalue weighted by Gasteiger charge is 2.43. The van der Waals surface area contributed by atoms with Crippen LogP contribution in [-0.4, -0.2) is 52.4 Å². The number of piperidine rings is 1. The van der Waals surface area contributed by atoms with Crippen molar-refractivity contribution in [1.29, 1.82) is 0 Å². The Bertz CT molecular complexity index is 804. The van der Waals surface area contributed by atoms with Gasteiger partial charge in [0.1, 0.15) is 6.04 Å². The lowest BCUT2D eigenvalue weighted by atomic mass is 9.83. The molecule has 0 bridgehead atoms. The molecule has 0 aromatic heterocycles. The normalized spacial score (nSPS) is 21.8. The van der Waals surface area contributed by atoms with Crippen molar-refractivity contribution in [2.24, 2.45) is 0 Å². The van der Waals surface area contributed by atoms with Crippen LogP contribution in [0.4, 0.5) is 13.2 Å². The van der Waals surface area contributed by atoms with Gasteiger partial charge in [0.25, 0.3) is 0 Å². The summed E-state index contributed by atoms with van der Waals surface area (Å²) in [6, 6.07) is 2.84. The fraction of sp³-hybridized carbons (Fsp3) is 0.474. The molecule has 1 N–H and O–H groups in total. The van der Waals surface area contributed by atoms with Gasteiger partial charge in [-0.3, -0.25) is 9.59 Å². The molecule has 2 aliphatic rings. The number of nitrogens with zero attached hydrogens (tertiary/aromatic N) is 2. The summed E-state index contributed by atoms with van der Waals surface area (Å²) >= 11 is 5.64. The maximum atomic E-state index is 13.1. The Hall–Kier alpha value is -2.06. The number of benzene rings is 1. The summed E-state index contributed by atoms with van der Waals surface area (Å²) in [5, 5.41) is 10.5. The predicted molar refractivity (Wildman–Crippen MR) is 96.5 cm³/mol. The largest absolute Gasteiger partial charge is 0.417 e. The Morgan fingerprint density at radius 2 is 1.89 bits per heavy atom. The minimum absolute atomic E-state index is 0.0970. The van der Waals surface area contributed by atoms with Crippen LogP contribution in [0.15, 0.2) is 30.9 Å². The number of alkyl halides is 3. The van der Waals surface area contributed by atoms with Gasteiger partial charge in [0.05, 0.1) is 16.2 Å². The molecule has 0 spiro atoms. The standard InChI is InChI=1S/C19H20ClF3N2O3/c1-2-16(26)25-8-5-15(25)17(27)24-9-6-18(28,7-10-24)12-3-4-14(20)13(11-12)19(21,22)23/h2-4,11,15,28H,1,5-10H2/t15-/m0/s1. The van der Waals surface area contributed by atoms with E-state index in [1.165, 1.54) is 11.0 Å². The highest BCUT2D eigenvalue weighted by atomic mass is 35.5. The summed E-state index contributed by atoms with van der Waals surface area (Å²) in [7, 11) is 0. The van der Waals surface area contributed by atoms with E-state index in [9.17, 15) is 27.9 Å². The smallest absolute Gasteiger partial charge is 0.385 e. The molecule has 2 saturated heterocycles. The number of hydrogen-bond acceptors (Lipinski definition) is 3. The molecule has 0 radical (unpaired) electrons. The maximum Gasteiger partial charge on any atom is 0.417 e. The van der Waals surface area contributed by atoms with E-state index < -0.39 is 28.4 Å². The van der Waals surface area contributed by atoms with Crippen LogP contribution >= 0.6 is 11.6 Å². The summed E-state index contributed by atoms with van der Waals surface area (Å²) in [5.74, 6) is -0.519. The molecule has 3 rings (SSSR count). The van der Waals surface area contributed by atoms with Gasteiger partial charge in [-0.05, 0) is 43.0 Å². The quantitative estimate of drug-likeness (QED) is 0.771. The van der Waals surface area contributed by atoms with Gasteiger partial charge in [-0.25, -0.2) is 0 Å². The van der Waals surface area contributed by atoms with E-state index in [4.69, 9.17) is 11.6 Å². The van der Waals surface area contributed by atoms with Gasteiger partial charge in [-0.2, -0.15) is 13.2 Å². The average Bonchev–Trinajstić information content (AvgIpc) is 2.60. The fourth-order valence-corrected chi connectivity index (χ4v) is 3.88. The molecule has 2 amide bonds. The SMILES string of the molecule is C=CC(=O)N1CC[C@H]1C(=O)N1CCC(O)(c2ccc(Cl)c(C(F)(F)F)c2)CC1. The topological polar surface area (TPSA) is 60.9 Å². The average molecular weight is 417 g/mol. The highest BCUT2D eigenvalue weighted by Crippen LogP contribution is 2.40. The first kappa shape index (κ1) is 20.7. The zero-order valence-electron chi connectivity index (χ0n) is 15.0. The number of hydrogen-bond donors (Lipinski definition) is 1. The van der Waals surface area contributed by atoms with E-state index in [0.717, 1.165) is 18.2 Å². The van der Waals surface area contributed by atoms with E-state index in [-0.39, 0.29) is 43.3 Å². The minimum Gasteiger partial charge on any atom is -0.385 e. The van der Waals surface area contributed by atoms with Gasteiger partial charge in [-0.1, -0.05) is 24.2 Å². The summed E-state index contributed by atoms with van der Waals surface area (Å²) in [4.78, 5) is 27.3. The van der Waals surface area contributed by atoms with E-state index in [1.54, 1.807) is 4.90 Å². The van der Waals surface area contributed by atoms with Crippen molar-refractivity contribution in [1.82, 2.24) is 9.80 Å². The predicted octanol–water partition coefficient (Wildman–Crippen LogP) is 2.96. The molecule has 2 aliphatic heterocycles. The lowest BCUT2D eigenvalue weighted by molar-refractivity contribution is -0.153. The lowest BCUT2D eigenvalue weighted by Gasteiger charge is -2.44. The number of aliphatic hydroxyl groups is 1. The van der Waals surface area contributed by atoms with Gasteiger partial charge in [0, 0.05) is 19.6 Å². The fourth-order valence-electron chi connectivity index (χ4n) is 3.65. The second kappa shape index (κ2) is 7.40. The summed E-state index contributed by atoms with van der Waals surface area (Å²) < 4.78 is 39.3. The van der Waals surface area contributed by atoms with E-state index in [2.05, 4.69) is 6.58 Å². The third kappa shape index (κ3) is 3.75. The van der Waals surface area contributed by atoms with Crippen molar-refractivity contribution in [3.63, 3.8) is 0 Å². The molecule has 1 aromatic rings. The number of likely N-dealkylation sites (tertiary alicyclic amines) is 2. The molecule has 0 saturated carbocycles. The monoisotopic (exact) mass is 416 g/mol. The molecule has 0 aliphatic carbocycles. The van der Waals surface area contributed by atoms with E-state index >= 15 is 0 Å². The van der Waals surface area contributed by atoms with Crippen LogP contribution in [0.25, 0.3) is 0 Å². The zero-order chi connectivity index (χ0) is 20.7. The molecule has 28 heavy (non-hydrogen) atoms. The summed E-state index contributed by atoms with van der Waals surface area (Å²) in [6.07, 6.45) is -2.70. The van der Waals surface area contributed by atoms with Crippen LogP contribution in [0, 0.1) is 0 Å². The Balaban J connectivity index is 1.70. The van der Waals surface area contributed by atoms with Crippen LogP contribution in [0.5, 0.6) is 0 Å². The molecule has 152 valence electrons. The molecule has 2 heterocycles. The molecule has 2 fully saturated rings. The van der Waals surface area contributed by atoms with Gasteiger partial charge >= 0.3 is 6.18 Å². The number of carbonyl (C=O) groups is 2. The van der Waals surface area contributed by atoms with Crippen molar-refractivity contribution >= 4 is 23.4 Å². The maximum absolute atomic E-state index is 13.1. The molecule has 1 aromatic carbocycles. The molecular formula is C19H20ClF3N2O3. The van der Waals surface area contributed by atoms with Crippen molar-refractivity contribution in [2.75, 3.05) is 19.6 Å². The summed E-state index contributed by atoms with van der Waals surface area (Å²) in [6.45, 7) is 4.28. The van der Waals surface area contributed by atoms with Gasteiger partial charge in [-0.15, -0.1) is 0 Å². The number of carbonyl (C=O) groups excluding carboxylic acids is 2. The third-order valence-corrected chi connectivity index (χ3v) is 5.80. The second-order valence-corrected chi connectivity index (χ2v) is 7.50. The third-order valence-electron chi connectivity index (χ3n) is 5.47. The first-order valence-corrected chi connectivity index (χ1v) is 9.26. The summed E-state index contributed by atoms with van der Waals surface area (Å²) in [5.41, 5.74) is -2.34. The minimum atomic E-state index is -4.62. The Morgan fingerprint density at radius 3 is 2.39 bits per heavy atom. The highest BCUT2D eigenvalue weighted by molar-refractivity contribution is 6.31. The van der Waals surface area contributed by atoms with Crippen LogP contribution in [0.3, 0.4) is 0 Å². The van der Waals surface area contributed by atoms with E-state index in [1.807, 2.05) is 0 Å². The van der Waals surface area contributed by atoms with E-state index in [0.29, 0.717) is 13.0 Å². The van der Waals surface area contributed by atoms with Crippen LogP contribution < -0.4 is 0 Å². The first-order valence-electron chi connectivity index (χ1n) is 8.88. The second-order valence-electron chi connectivity index (χ2n) is 7.09. The Morgan fingerprint density at radius 1 is 1.25 bits per heavy atom. The van der Waals surface area contributed by atoms with Crippen LogP contribution in [-0.2, 0) is 21.4 Å². The van der Waals surface area contributed by atoms with Crippen LogP contribution in [0.1, 0.15) is 30.4 Å². The zero-order valence-corrected chi connectivity index (χ0v) is 15.8. The molecular weight excluding hydrogens is 397 g/mol. The number of rotatable bonds is 3. The lowest BCUT2D eigenvalue weighted by Crippen LogP contribution is -2.60.